The quantitative estimate of drug-likeness (QED) is 0.332. The molecule has 1 heterocycles. The summed E-state index contributed by atoms with van der Waals surface area (Å²) in [7, 11) is 0. The number of nitrogens with one attached hydrogen (secondary N) is 1. The van der Waals surface area contributed by atoms with Gasteiger partial charge in [0.25, 0.3) is 0 Å². The Morgan fingerprint density at radius 1 is 1.50 bits per heavy atom. The molecule has 1 aromatic rings. The molecule has 0 atom stereocenters. The second-order valence-corrected chi connectivity index (χ2v) is 2.31. The minimum absolute atomic E-state index is 0.218. The van der Waals surface area contributed by atoms with Crippen molar-refractivity contribution in [1.29, 1.82) is 0 Å². The van der Waals surface area contributed by atoms with E-state index in [0.29, 0.717) is 0 Å². The van der Waals surface area contributed by atoms with Gasteiger partial charge in [-0.05, 0) is 10.8 Å². The van der Waals surface area contributed by atoms with E-state index >= 15 is 0 Å². The maximum absolute atomic E-state index is 9.58. The van der Waals surface area contributed by atoms with Crippen molar-refractivity contribution in [3.05, 3.63) is 22.9 Å². The predicted octanol–water partition coefficient (Wildman–Crippen LogP) is 0.744. The van der Waals surface area contributed by atoms with Gasteiger partial charge < -0.3 is 0 Å². The van der Waals surface area contributed by atoms with Crippen molar-refractivity contribution >= 4 is 17.2 Å². The van der Waals surface area contributed by atoms with E-state index in [-0.39, 0.29) is 5.91 Å². The maximum atomic E-state index is 9.58. The largest absolute Gasteiger partial charge is 0.295 e. The number of hydrazine groups is 1. The lowest BCUT2D eigenvalue weighted by atomic mass is 10.7. The van der Waals surface area contributed by atoms with Crippen LogP contribution in [-0.2, 0) is 4.79 Å². The Bertz CT molecular complexity index is 145. The first-order chi connectivity index (χ1) is 4.77. The van der Waals surface area contributed by atoms with Gasteiger partial charge in [0.05, 0.1) is 0 Å². The molecule has 0 aliphatic heterocycles. The number of carbonyl (C=O) groups excluding carboxylic acids is 1. The fraction of sp³-hybridized carbons (Fsp3) is 0.167. The summed E-state index contributed by atoms with van der Waals surface area (Å²) in [6, 6.07) is 4.04. The van der Waals surface area contributed by atoms with Gasteiger partial charge in [0.2, 0.25) is 5.91 Å². The van der Waals surface area contributed by atoms with E-state index in [1.54, 1.807) is 11.3 Å². The lowest BCUT2D eigenvalue weighted by Gasteiger charge is -1.80. The third-order valence-corrected chi connectivity index (χ3v) is 1.26. The van der Waals surface area contributed by atoms with Crippen LogP contribution >= 0.6 is 11.3 Å². The maximum Gasteiger partial charge on any atom is 0.230 e. The highest BCUT2D eigenvalue weighted by atomic mass is 32.1. The lowest BCUT2D eigenvalue weighted by Crippen LogP contribution is -2.26. The molecule has 3 N–H and O–H groups in total. The molecule has 1 amide bonds. The standard InChI is InChI=1S/C4H4S.C2H6N2O/c1-2-4-5-3-1;1-2(5)4-3/h1-4H;3H2,1H3,(H,4,5). The molecular weight excluding hydrogens is 148 g/mol. The van der Waals surface area contributed by atoms with Crippen molar-refractivity contribution in [2.45, 2.75) is 6.92 Å². The van der Waals surface area contributed by atoms with Gasteiger partial charge in [-0.25, -0.2) is 5.84 Å². The van der Waals surface area contributed by atoms with Gasteiger partial charge in [-0.15, -0.1) is 0 Å². The summed E-state index contributed by atoms with van der Waals surface area (Å²) < 4.78 is 0. The number of rotatable bonds is 0. The highest BCUT2D eigenvalue weighted by Crippen LogP contribution is 1.91. The Hall–Kier alpha value is -0.870. The van der Waals surface area contributed by atoms with Crippen molar-refractivity contribution in [2.75, 3.05) is 0 Å². The van der Waals surface area contributed by atoms with Crippen LogP contribution in [0.1, 0.15) is 6.92 Å². The predicted molar refractivity (Wildman–Crippen MR) is 42.3 cm³/mol. The van der Waals surface area contributed by atoms with Crippen LogP contribution in [0.5, 0.6) is 0 Å². The molecule has 0 aliphatic rings. The molecule has 1 rings (SSSR count). The molecule has 0 fully saturated rings. The molecule has 4 heteroatoms. The molecule has 0 saturated carbocycles. The number of carbonyl (C=O) groups is 1. The Kier molecular flexibility index (Phi) is 5.71. The minimum atomic E-state index is -0.218. The van der Waals surface area contributed by atoms with Gasteiger partial charge in [-0.1, -0.05) is 12.1 Å². The highest BCUT2D eigenvalue weighted by molar-refractivity contribution is 7.07. The van der Waals surface area contributed by atoms with Crippen molar-refractivity contribution in [2.24, 2.45) is 5.84 Å². The number of hydrogen-bond donors (Lipinski definition) is 2. The SMILES string of the molecule is CC(=O)NN.c1ccsc1. The molecule has 3 nitrogen and oxygen atoms in total. The first-order valence-electron chi connectivity index (χ1n) is 2.71. The van der Waals surface area contributed by atoms with E-state index in [9.17, 15) is 4.79 Å². The average Bonchev–Trinajstić information content (AvgIpc) is 2.43. The van der Waals surface area contributed by atoms with E-state index in [4.69, 9.17) is 0 Å². The highest BCUT2D eigenvalue weighted by Gasteiger charge is 1.73. The molecule has 0 unspecified atom stereocenters. The number of hydrogen-bond acceptors (Lipinski definition) is 3. The summed E-state index contributed by atoms with van der Waals surface area (Å²) in [6.45, 7) is 1.35. The normalized spacial score (nSPS) is 7.40. The Balaban J connectivity index is 0.000000162. The number of amides is 1. The van der Waals surface area contributed by atoms with Crippen LogP contribution in [0.25, 0.3) is 0 Å². The fourth-order valence-electron chi connectivity index (χ4n) is 0.227. The topological polar surface area (TPSA) is 55.1 Å². The molecule has 0 radical (unpaired) electrons. The van der Waals surface area contributed by atoms with Crippen molar-refractivity contribution < 1.29 is 4.79 Å². The van der Waals surface area contributed by atoms with Gasteiger partial charge in [0.1, 0.15) is 0 Å². The number of nitrogens with two attached hydrogens (primary N) is 1. The van der Waals surface area contributed by atoms with Crippen LogP contribution in [0.3, 0.4) is 0 Å². The lowest BCUT2D eigenvalue weighted by molar-refractivity contribution is -0.119. The second kappa shape index (κ2) is 6.25. The van der Waals surface area contributed by atoms with Crippen molar-refractivity contribution in [3.8, 4) is 0 Å². The molecule has 1 aromatic heterocycles. The van der Waals surface area contributed by atoms with Crippen LogP contribution in [0.2, 0.25) is 0 Å². The van der Waals surface area contributed by atoms with E-state index in [1.165, 1.54) is 6.92 Å². The molecule has 0 aliphatic carbocycles. The summed E-state index contributed by atoms with van der Waals surface area (Å²) >= 11 is 1.71. The fourth-order valence-corrected chi connectivity index (χ4v) is 0.680. The van der Waals surface area contributed by atoms with Crippen LogP contribution in [0.15, 0.2) is 22.9 Å². The third kappa shape index (κ3) is 7.13. The van der Waals surface area contributed by atoms with E-state index in [0.717, 1.165) is 0 Å². The van der Waals surface area contributed by atoms with Gasteiger partial charge in [0, 0.05) is 6.92 Å². The second-order valence-electron chi connectivity index (χ2n) is 1.49. The summed E-state index contributed by atoms with van der Waals surface area (Å²) in [4.78, 5) is 9.58. The zero-order valence-electron chi connectivity index (χ0n) is 5.70. The Morgan fingerprint density at radius 2 is 1.90 bits per heavy atom. The zero-order valence-corrected chi connectivity index (χ0v) is 6.52. The van der Waals surface area contributed by atoms with Crippen molar-refractivity contribution in [3.63, 3.8) is 0 Å². The smallest absolute Gasteiger partial charge is 0.230 e. The summed E-state index contributed by atoms with van der Waals surface area (Å²) in [5.74, 6) is 4.35. The van der Waals surface area contributed by atoms with E-state index in [2.05, 4.69) is 5.84 Å². The molecule has 0 bridgehead atoms. The third-order valence-electron chi connectivity index (χ3n) is 0.629. The van der Waals surface area contributed by atoms with Crippen LogP contribution in [0.4, 0.5) is 0 Å². The summed E-state index contributed by atoms with van der Waals surface area (Å²) in [5.41, 5.74) is 1.89. The molecule has 0 saturated heterocycles. The molecule has 10 heavy (non-hydrogen) atoms. The first kappa shape index (κ1) is 9.13. The molecule has 0 aromatic carbocycles. The van der Waals surface area contributed by atoms with E-state index < -0.39 is 0 Å². The summed E-state index contributed by atoms with van der Waals surface area (Å²) in [6.07, 6.45) is 0. The van der Waals surface area contributed by atoms with Crippen LogP contribution in [-0.4, -0.2) is 5.91 Å². The monoisotopic (exact) mass is 158 g/mol. The van der Waals surface area contributed by atoms with Gasteiger partial charge in [0.15, 0.2) is 0 Å². The zero-order chi connectivity index (χ0) is 7.82. The number of thiophene rings is 1. The Morgan fingerprint density at radius 3 is 2.00 bits per heavy atom. The Labute approximate surface area is 63.8 Å². The van der Waals surface area contributed by atoms with Gasteiger partial charge >= 0.3 is 0 Å². The summed E-state index contributed by atoms with van der Waals surface area (Å²) in [5, 5.41) is 4.08. The molecule has 0 spiro atoms. The minimum Gasteiger partial charge on any atom is -0.295 e. The first-order valence-corrected chi connectivity index (χ1v) is 3.66. The van der Waals surface area contributed by atoms with E-state index in [1.807, 2.05) is 28.3 Å². The van der Waals surface area contributed by atoms with Crippen LogP contribution < -0.4 is 11.3 Å². The van der Waals surface area contributed by atoms with Crippen LogP contribution in [0, 0.1) is 0 Å². The van der Waals surface area contributed by atoms with Gasteiger partial charge in [-0.3, -0.25) is 10.2 Å². The molecular formula is C6H10N2OS. The van der Waals surface area contributed by atoms with Gasteiger partial charge in [-0.2, -0.15) is 11.3 Å². The average molecular weight is 158 g/mol. The molecule has 56 valence electrons. The van der Waals surface area contributed by atoms with Crippen molar-refractivity contribution in [1.82, 2.24) is 5.43 Å².